The number of ether oxygens (including phenoxy) is 3. The molecule has 1 heterocycles. The highest BCUT2D eigenvalue weighted by Crippen LogP contribution is 2.44. The Hall–Kier alpha value is -3.33. The molecule has 2 aromatic carbocycles. The minimum atomic E-state index is -2.04. The van der Waals surface area contributed by atoms with E-state index in [0.717, 1.165) is 11.1 Å². The lowest BCUT2D eigenvalue weighted by molar-refractivity contribution is -0.158. The Balaban J connectivity index is 2.33. The van der Waals surface area contributed by atoms with Gasteiger partial charge in [-0.3, -0.25) is 9.59 Å². The molecular weight excluding hydrogens is 504 g/mol. The standard InChI is InChI=1S/C25H27BrN2O6/c1-6-34-24(31)25(28-15(3)29)18(17-11-21(32-4)22(33-5)13-19(17)26)12-20(27-23(25)30)16-9-7-14(2)8-10-16/h7-13,18H,6H2,1-5H3,(H,27,30)(H,28,29). The maximum atomic E-state index is 13.7. The first-order valence-corrected chi connectivity index (χ1v) is 11.4. The Kier molecular flexibility index (Phi) is 7.66. The van der Waals surface area contributed by atoms with E-state index in [1.807, 2.05) is 31.2 Å². The minimum absolute atomic E-state index is 0.0296. The molecule has 2 atom stereocenters. The third-order valence-corrected chi connectivity index (χ3v) is 6.26. The van der Waals surface area contributed by atoms with Crippen molar-refractivity contribution in [2.45, 2.75) is 32.2 Å². The van der Waals surface area contributed by atoms with Gasteiger partial charge in [0.1, 0.15) is 0 Å². The zero-order valence-electron chi connectivity index (χ0n) is 19.7. The number of amides is 2. The predicted molar refractivity (Wildman–Crippen MR) is 130 cm³/mol. The summed E-state index contributed by atoms with van der Waals surface area (Å²) >= 11 is 3.54. The molecule has 8 nitrogen and oxygen atoms in total. The number of halogens is 1. The van der Waals surface area contributed by atoms with E-state index in [-0.39, 0.29) is 6.61 Å². The second-order valence-electron chi connectivity index (χ2n) is 7.82. The molecule has 2 unspecified atom stereocenters. The molecule has 0 fully saturated rings. The van der Waals surface area contributed by atoms with Gasteiger partial charge >= 0.3 is 5.97 Å². The van der Waals surface area contributed by atoms with Crippen molar-refractivity contribution in [3.63, 3.8) is 0 Å². The van der Waals surface area contributed by atoms with E-state index in [0.29, 0.717) is 27.2 Å². The van der Waals surface area contributed by atoms with E-state index in [1.54, 1.807) is 25.1 Å². The summed E-state index contributed by atoms with van der Waals surface area (Å²) in [6.07, 6.45) is 1.74. The van der Waals surface area contributed by atoms with Crippen LogP contribution >= 0.6 is 15.9 Å². The van der Waals surface area contributed by atoms with E-state index < -0.39 is 29.2 Å². The fourth-order valence-electron chi connectivity index (χ4n) is 3.96. The fourth-order valence-corrected chi connectivity index (χ4v) is 4.53. The van der Waals surface area contributed by atoms with Crippen LogP contribution < -0.4 is 20.1 Å². The fraction of sp³-hybridized carbons (Fsp3) is 0.320. The van der Waals surface area contributed by atoms with Crippen molar-refractivity contribution in [1.29, 1.82) is 0 Å². The first-order chi connectivity index (χ1) is 16.2. The summed E-state index contributed by atoms with van der Waals surface area (Å²) in [6, 6.07) is 10.9. The van der Waals surface area contributed by atoms with Crippen molar-refractivity contribution < 1.29 is 28.6 Å². The van der Waals surface area contributed by atoms with Crippen LogP contribution in [0.25, 0.3) is 5.70 Å². The van der Waals surface area contributed by atoms with Crippen molar-refractivity contribution in [3.05, 3.63) is 63.6 Å². The molecule has 34 heavy (non-hydrogen) atoms. The largest absolute Gasteiger partial charge is 0.493 e. The van der Waals surface area contributed by atoms with Crippen LogP contribution in [0.4, 0.5) is 0 Å². The number of aryl methyl sites for hydroxylation is 1. The maximum Gasteiger partial charge on any atom is 0.342 e. The van der Waals surface area contributed by atoms with Gasteiger partial charge < -0.3 is 24.8 Å². The zero-order valence-corrected chi connectivity index (χ0v) is 21.2. The van der Waals surface area contributed by atoms with Crippen molar-refractivity contribution in [2.75, 3.05) is 20.8 Å². The lowest BCUT2D eigenvalue weighted by atomic mass is 9.74. The highest BCUT2D eigenvalue weighted by atomic mass is 79.9. The number of carbonyl (C=O) groups excluding carboxylic acids is 3. The summed E-state index contributed by atoms with van der Waals surface area (Å²) in [4.78, 5) is 39.3. The second-order valence-corrected chi connectivity index (χ2v) is 8.67. The van der Waals surface area contributed by atoms with Gasteiger partial charge in [-0.2, -0.15) is 0 Å². The molecule has 180 valence electrons. The van der Waals surface area contributed by atoms with Gasteiger partial charge in [-0.1, -0.05) is 45.8 Å². The number of carbonyl (C=O) groups is 3. The van der Waals surface area contributed by atoms with Crippen molar-refractivity contribution in [1.82, 2.24) is 10.6 Å². The third-order valence-electron chi connectivity index (χ3n) is 5.58. The molecule has 0 bridgehead atoms. The summed E-state index contributed by atoms with van der Waals surface area (Å²) in [5.41, 5.74) is 0.796. The summed E-state index contributed by atoms with van der Waals surface area (Å²) in [5.74, 6) is -2.20. The molecule has 0 aliphatic carbocycles. The third kappa shape index (κ3) is 4.65. The molecule has 0 saturated heterocycles. The lowest BCUT2D eigenvalue weighted by Gasteiger charge is -2.40. The molecule has 0 aromatic heterocycles. The van der Waals surface area contributed by atoms with E-state index in [4.69, 9.17) is 14.2 Å². The van der Waals surface area contributed by atoms with E-state index in [2.05, 4.69) is 26.6 Å². The Labute approximate surface area is 206 Å². The quantitative estimate of drug-likeness (QED) is 0.419. The molecule has 1 aliphatic rings. The summed E-state index contributed by atoms with van der Waals surface area (Å²) < 4.78 is 16.7. The normalized spacial score (nSPS) is 19.5. The van der Waals surface area contributed by atoms with E-state index in [9.17, 15) is 14.4 Å². The predicted octanol–water partition coefficient (Wildman–Crippen LogP) is 3.47. The van der Waals surface area contributed by atoms with Crippen molar-refractivity contribution >= 4 is 39.4 Å². The summed E-state index contributed by atoms with van der Waals surface area (Å²) in [6.45, 7) is 4.87. The van der Waals surface area contributed by atoms with Crippen LogP contribution in [0.5, 0.6) is 11.5 Å². The molecule has 3 rings (SSSR count). The summed E-state index contributed by atoms with van der Waals surface area (Å²) in [5, 5.41) is 5.38. The molecule has 0 radical (unpaired) electrons. The van der Waals surface area contributed by atoms with E-state index in [1.165, 1.54) is 21.1 Å². The van der Waals surface area contributed by atoms with Gasteiger partial charge in [0.25, 0.3) is 5.91 Å². The Morgan fingerprint density at radius 1 is 1.12 bits per heavy atom. The molecule has 2 aromatic rings. The first kappa shape index (κ1) is 25.3. The average Bonchev–Trinajstić information content (AvgIpc) is 2.80. The van der Waals surface area contributed by atoms with Crippen LogP contribution in [-0.2, 0) is 19.1 Å². The Morgan fingerprint density at radius 2 is 1.74 bits per heavy atom. The van der Waals surface area contributed by atoms with Gasteiger partial charge in [0.05, 0.1) is 20.8 Å². The van der Waals surface area contributed by atoms with Gasteiger partial charge in [-0.15, -0.1) is 0 Å². The van der Waals surface area contributed by atoms with Crippen LogP contribution in [0.3, 0.4) is 0 Å². The summed E-state index contributed by atoms with van der Waals surface area (Å²) in [7, 11) is 3.00. The van der Waals surface area contributed by atoms with Crippen LogP contribution in [0, 0.1) is 6.92 Å². The van der Waals surface area contributed by atoms with Crippen molar-refractivity contribution in [3.8, 4) is 11.5 Å². The molecule has 9 heteroatoms. The number of benzene rings is 2. The van der Waals surface area contributed by atoms with E-state index >= 15 is 0 Å². The topological polar surface area (TPSA) is 103 Å². The molecule has 0 spiro atoms. The van der Waals surface area contributed by atoms with Crippen molar-refractivity contribution in [2.24, 2.45) is 0 Å². The number of rotatable bonds is 7. The number of esters is 1. The Bertz CT molecular complexity index is 1140. The number of hydrogen-bond donors (Lipinski definition) is 2. The maximum absolute atomic E-state index is 13.7. The zero-order chi connectivity index (χ0) is 25.0. The smallest absolute Gasteiger partial charge is 0.342 e. The SMILES string of the molecule is CCOC(=O)C1(NC(C)=O)C(=O)NC(c2ccc(C)cc2)=CC1c1cc(OC)c(OC)cc1Br. The number of hydrogen-bond acceptors (Lipinski definition) is 6. The highest BCUT2D eigenvalue weighted by Gasteiger charge is 2.57. The highest BCUT2D eigenvalue weighted by molar-refractivity contribution is 9.10. The lowest BCUT2D eigenvalue weighted by Crippen LogP contribution is -2.68. The number of methoxy groups -OCH3 is 2. The van der Waals surface area contributed by atoms with Gasteiger partial charge in [-0.05, 0) is 43.2 Å². The number of nitrogens with one attached hydrogen (secondary N) is 2. The minimum Gasteiger partial charge on any atom is -0.493 e. The van der Waals surface area contributed by atoms with Crippen LogP contribution in [0.15, 0.2) is 46.9 Å². The molecule has 2 N–H and O–H groups in total. The molecule has 2 amide bonds. The van der Waals surface area contributed by atoms with Crippen LogP contribution in [-0.4, -0.2) is 44.1 Å². The monoisotopic (exact) mass is 530 g/mol. The first-order valence-electron chi connectivity index (χ1n) is 10.7. The Morgan fingerprint density at radius 3 is 2.29 bits per heavy atom. The van der Waals surface area contributed by atoms with Gasteiger partial charge in [-0.25, -0.2) is 4.79 Å². The van der Waals surface area contributed by atoms with Crippen LogP contribution in [0.1, 0.15) is 36.5 Å². The molecule has 0 saturated carbocycles. The molecular formula is C25H27BrN2O6. The van der Waals surface area contributed by atoms with Gasteiger partial charge in [0.15, 0.2) is 11.5 Å². The second kappa shape index (κ2) is 10.3. The van der Waals surface area contributed by atoms with Crippen LogP contribution in [0.2, 0.25) is 0 Å². The molecule has 1 aliphatic heterocycles. The van der Waals surface area contributed by atoms with Gasteiger partial charge in [0.2, 0.25) is 11.4 Å². The van der Waals surface area contributed by atoms with Gasteiger partial charge in [0, 0.05) is 23.0 Å². The average molecular weight is 531 g/mol.